The second kappa shape index (κ2) is 6.02. The summed E-state index contributed by atoms with van der Waals surface area (Å²) in [4.78, 5) is 15.3. The van der Waals surface area contributed by atoms with E-state index in [2.05, 4.69) is 4.98 Å². The number of anilines is 1. The maximum absolute atomic E-state index is 11.6. The van der Waals surface area contributed by atoms with Crippen LogP contribution in [0.3, 0.4) is 0 Å². The second-order valence-corrected chi connectivity index (χ2v) is 6.29. The standard InChI is InChI=1S/C10H18N4O4S/c1-4-18-10(15)8-9(11)14(7-12-8)5-6-19(16,17)13(2)3/h7H,4-6,11H2,1-3H3. The van der Waals surface area contributed by atoms with E-state index < -0.39 is 16.0 Å². The van der Waals surface area contributed by atoms with Crippen molar-refractivity contribution in [3.8, 4) is 0 Å². The fourth-order valence-electron chi connectivity index (χ4n) is 1.32. The zero-order chi connectivity index (χ0) is 14.6. The van der Waals surface area contributed by atoms with E-state index in [-0.39, 0.29) is 30.4 Å². The van der Waals surface area contributed by atoms with Gasteiger partial charge in [0.15, 0.2) is 5.69 Å². The maximum Gasteiger partial charge on any atom is 0.360 e. The first kappa shape index (κ1) is 15.4. The molecule has 108 valence electrons. The van der Waals surface area contributed by atoms with E-state index in [1.807, 2.05) is 0 Å². The molecule has 0 aliphatic heterocycles. The Kier molecular flexibility index (Phi) is 4.90. The molecule has 0 radical (unpaired) electrons. The summed E-state index contributed by atoms with van der Waals surface area (Å²) in [5, 5.41) is 0. The molecule has 8 nitrogen and oxygen atoms in total. The summed E-state index contributed by atoms with van der Waals surface area (Å²) in [7, 11) is -0.411. The third-order valence-electron chi connectivity index (χ3n) is 2.49. The van der Waals surface area contributed by atoms with Gasteiger partial charge in [-0.15, -0.1) is 0 Å². The van der Waals surface area contributed by atoms with Crippen molar-refractivity contribution in [1.82, 2.24) is 13.9 Å². The molecule has 0 aromatic carbocycles. The summed E-state index contributed by atoms with van der Waals surface area (Å²) >= 11 is 0. The Morgan fingerprint density at radius 3 is 2.68 bits per heavy atom. The highest BCUT2D eigenvalue weighted by Gasteiger charge is 2.19. The lowest BCUT2D eigenvalue weighted by molar-refractivity contribution is 0.0521. The zero-order valence-electron chi connectivity index (χ0n) is 11.2. The molecule has 1 rings (SSSR count). The molecule has 1 aromatic rings. The number of hydrogen-bond donors (Lipinski definition) is 1. The van der Waals surface area contributed by atoms with Gasteiger partial charge in [-0.3, -0.25) is 0 Å². The van der Waals surface area contributed by atoms with Gasteiger partial charge in [0.25, 0.3) is 0 Å². The zero-order valence-corrected chi connectivity index (χ0v) is 12.0. The minimum atomic E-state index is -3.32. The van der Waals surface area contributed by atoms with Gasteiger partial charge in [0, 0.05) is 20.6 Å². The Morgan fingerprint density at radius 2 is 2.16 bits per heavy atom. The summed E-state index contributed by atoms with van der Waals surface area (Å²) in [6.45, 7) is 2.02. The van der Waals surface area contributed by atoms with E-state index in [1.54, 1.807) is 6.92 Å². The van der Waals surface area contributed by atoms with E-state index in [4.69, 9.17) is 10.5 Å². The lowest BCUT2D eigenvalue weighted by Crippen LogP contribution is -2.27. The molecule has 0 fully saturated rings. The number of sulfonamides is 1. The van der Waals surface area contributed by atoms with Crippen molar-refractivity contribution in [2.45, 2.75) is 13.5 Å². The van der Waals surface area contributed by atoms with Crippen molar-refractivity contribution in [3.63, 3.8) is 0 Å². The predicted molar refractivity (Wildman–Crippen MR) is 70.1 cm³/mol. The smallest absolute Gasteiger partial charge is 0.360 e. The average Bonchev–Trinajstić information content (AvgIpc) is 2.68. The molecule has 0 amide bonds. The van der Waals surface area contributed by atoms with Crippen LogP contribution in [0.5, 0.6) is 0 Å². The Balaban J connectivity index is 2.80. The molecule has 0 saturated heterocycles. The Labute approximate surface area is 112 Å². The van der Waals surface area contributed by atoms with Gasteiger partial charge in [0.2, 0.25) is 10.0 Å². The molecule has 0 saturated carbocycles. The van der Waals surface area contributed by atoms with E-state index in [0.29, 0.717) is 0 Å². The number of hydrogen-bond acceptors (Lipinski definition) is 6. The van der Waals surface area contributed by atoms with Crippen LogP contribution in [0, 0.1) is 0 Å². The summed E-state index contributed by atoms with van der Waals surface area (Å²) in [5.74, 6) is -0.635. The van der Waals surface area contributed by atoms with Gasteiger partial charge in [-0.1, -0.05) is 0 Å². The number of nitrogen functional groups attached to an aromatic ring is 1. The second-order valence-electron chi connectivity index (χ2n) is 3.99. The van der Waals surface area contributed by atoms with Gasteiger partial charge in [0.1, 0.15) is 5.82 Å². The number of aryl methyl sites for hydroxylation is 1. The monoisotopic (exact) mass is 290 g/mol. The first-order valence-electron chi connectivity index (χ1n) is 5.67. The van der Waals surface area contributed by atoms with Crippen LogP contribution < -0.4 is 5.73 Å². The maximum atomic E-state index is 11.6. The van der Waals surface area contributed by atoms with Crippen molar-refractivity contribution < 1.29 is 17.9 Å². The molecule has 0 aliphatic carbocycles. The predicted octanol–water partition coefficient (Wildman–Crippen LogP) is -0.467. The minimum absolute atomic E-state index is 0.00380. The first-order valence-corrected chi connectivity index (χ1v) is 7.28. The third kappa shape index (κ3) is 3.67. The van der Waals surface area contributed by atoms with Crippen molar-refractivity contribution in [2.75, 3.05) is 32.2 Å². The summed E-state index contributed by atoms with van der Waals surface area (Å²) < 4.78 is 30.6. The van der Waals surface area contributed by atoms with Gasteiger partial charge in [-0.05, 0) is 6.92 Å². The van der Waals surface area contributed by atoms with Crippen LogP contribution >= 0.6 is 0 Å². The Hall–Kier alpha value is -1.61. The number of carbonyl (C=O) groups is 1. The van der Waals surface area contributed by atoms with Gasteiger partial charge in [0.05, 0.1) is 18.7 Å². The molecular formula is C10H18N4O4S. The topological polar surface area (TPSA) is 108 Å². The number of aromatic nitrogens is 2. The van der Waals surface area contributed by atoms with Crippen molar-refractivity contribution in [1.29, 1.82) is 0 Å². The van der Waals surface area contributed by atoms with Gasteiger partial charge in [-0.2, -0.15) is 0 Å². The van der Waals surface area contributed by atoms with Crippen molar-refractivity contribution >= 4 is 21.8 Å². The molecule has 0 aliphatic rings. The molecular weight excluding hydrogens is 272 g/mol. The van der Waals surface area contributed by atoms with Crippen LogP contribution in [0.25, 0.3) is 0 Å². The highest BCUT2D eigenvalue weighted by molar-refractivity contribution is 7.89. The minimum Gasteiger partial charge on any atom is -0.461 e. The van der Waals surface area contributed by atoms with Gasteiger partial charge in [-0.25, -0.2) is 22.5 Å². The molecule has 2 N–H and O–H groups in total. The molecule has 1 heterocycles. The SMILES string of the molecule is CCOC(=O)c1ncn(CCS(=O)(=O)N(C)C)c1N. The summed E-state index contributed by atoms with van der Waals surface area (Å²) in [5.41, 5.74) is 5.73. The highest BCUT2D eigenvalue weighted by atomic mass is 32.2. The van der Waals surface area contributed by atoms with E-state index in [9.17, 15) is 13.2 Å². The van der Waals surface area contributed by atoms with E-state index >= 15 is 0 Å². The Bertz CT molecular complexity index is 550. The fourth-order valence-corrected chi connectivity index (χ4v) is 2.12. The van der Waals surface area contributed by atoms with Crippen LogP contribution in [0.4, 0.5) is 5.82 Å². The fraction of sp³-hybridized carbons (Fsp3) is 0.600. The van der Waals surface area contributed by atoms with Crippen LogP contribution in [-0.4, -0.2) is 54.7 Å². The first-order chi connectivity index (χ1) is 8.79. The molecule has 9 heteroatoms. The number of imidazole rings is 1. The number of esters is 1. The molecule has 0 bridgehead atoms. The van der Waals surface area contributed by atoms with Crippen molar-refractivity contribution in [3.05, 3.63) is 12.0 Å². The number of carbonyl (C=O) groups excluding carboxylic acids is 1. The average molecular weight is 290 g/mol. The molecule has 0 atom stereocenters. The lowest BCUT2D eigenvalue weighted by Gasteiger charge is -2.11. The van der Waals surface area contributed by atoms with Crippen LogP contribution in [0.15, 0.2) is 6.33 Å². The van der Waals surface area contributed by atoms with E-state index in [0.717, 1.165) is 4.31 Å². The van der Waals surface area contributed by atoms with Gasteiger partial charge < -0.3 is 15.0 Å². The normalized spacial score (nSPS) is 11.8. The number of rotatable bonds is 6. The molecule has 1 aromatic heterocycles. The van der Waals surface area contributed by atoms with Crippen LogP contribution in [0.1, 0.15) is 17.4 Å². The molecule has 0 unspecified atom stereocenters. The van der Waals surface area contributed by atoms with Gasteiger partial charge >= 0.3 is 5.97 Å². The molecule has 0 spiro atoms. The number of nitrogens with two attached hydrogens (primary N) is 1. The lowest BCUT2D eigenvalue weighted by atomic mass is 10.4. The third-order valence-corrected chi connectivity index (χ3v) is 4.30. The molecule has 19 heavy (non-hydrogen) atoms. The Morgan fingerprint density at radius 1 is 1.53 bits per heavy atom. The highest BCUT2D eigenvalue weighted by Crippen LogP contribution is 2.12. The van der Waals surface area contributed by atoms with E-state index in [1.165, 1.54) is 25.0 Å². The van der Waals surface area contributed by atoms with Crippen LogP contribution in [-0.2, 0) is 21.3 Å². The summed E-state index contributed by atoms with van der Waals surface area (Å²) in [6, 6.07) is 0. The summed E-state index contributed by atoms with van der Waals surface area (Å²) in [6.07, 6.45) is 1.33. The number of nitrogens with zero attached hydrogens (tertiary/aromatic N) is 3. The largest absolute Gasteiger partial charge is 0.461 e. The number of ether oxygens (including phenoxy) is 1. The quantitative estimate of drug-likeness (QED) is 0.710. The van der Waals surface area contributed by atoms with Crippen LogP contribution in [0.2, 0.25) is 0 Å². The van der Waals surface area contributed by atoms with Crippen molar-refractivity contribution in [2.24, 2.45) is 0 Å².